The third kappa shape index (κ3) is 3.41. The lowest BCUT2D eigenvalue weighted by Gasteiger charge is -2.17. The minimum atomic E-state index is -4.32. The zero-order valence-electron chi connectivity index (χ0n) is 11.9. The predicted molar refractivity (Wildman–Crippen MR) is 76.3 cm³/mol. The zero-order valence-corrected chi connectivity index (χ0v) is 12.7. The number of hydrogen-bond donors (Lipinski definition) is 1. The molecule has 0 saturated carbocycles. The van der Waals surface area contributed by atoms with Gasteiger partial charge in [0.05, 0.1) is 22.2 Å². The summed E-state index contributed by atoms with van der Waals surface area (Å²) >= 11 is 1.27. The second-order valence-electron chi connectivity index (χ2n) is 5.02. The number of rotatable bonds is 4. The molecule has 0 aliphatic carbocycles. The van der Waals surface area contributed by atoms with Crippen molar-refractivity contribution in [2.24, 2.45) is 0 Å². The first-order valence-corrected chi connectivity index (χ1v) is 7.28. The van der Waals surface area contributed by atoms with Crippen molar-refractivity contribution in [3.63, 3.8) is 0 Å². The summed E-state index contributed by atoms with van der Waals surface area (Å²) in [6.07, 6.45) is -4.32. The average molecular weight is 315 g/mol. The first kappa shape index (κ1) is 15.9. The van der Waals surface area contributed by atoms with Gasteiger partial charge in [0.1, 0.15) is 0 Å². The van der Waals surface area contributed by atoms with Gasteiger partial charge in [0, 0.05) is 0 Å². The van der Waals surface area contributed by atoms with E-state index in [4.69, 9.17) is 0 Å². The van der Waals surface area contributed by atoms with Gasteiger partial charge < -0.3 is 5.32 Å². The molecule has 0 spiro atoms. The molecule has 7 heteroatoms. The molecule has 0 fully saturated rings. The summed E-state index contributed by atoms with van der Waals surface area (Å²) in [7, 11) is 1.77. The molecule has 1 atom stereocenters. The van der Waals surface area contributed by atoms with Crippen molar-refractivity contribution in [2.75, 3.05) is 7.05 Å². The first-order valence-electron chi connectivity index (χ1n) is 6.51. The van der Waals surface area contributed by atoms with E-state index < -0.39 is 11.7 Å². The molecule has 1 unspecified atom stereocenters. The summed E-state index contributed by atoms with van der Waals surface area (Å²) in [5.41, 5.74) is 0.991. The van der Waals surface area contributed by atoms with Crippen molar-refractivity contribution >= 4 is 11.5 Å². The summed E-state index contributed by atoms with van der Waals surface area (Å²) in [5, 5.41) is 7.24. The Morgan fingerprint density at radius 3 is 2.24 bits per heavy atom. The predicted octanol–water partition coefficient (Wildman–Crippen LogP) is 3.99. The Labute approximate surface area is 125 Å². The maximum atomic E-state index is 12.6. The summed E-state index contributed by atoms with van der Waals surface area (Å²) in [5.74, 6) is 0.212. The van der Waals surface area contributed by atoms with Crippen LogP contribution < -0.4 is 5.32 Å². The summed E-state index contributed by atoms with van der Waals surface area (Å²) in [6, 6.07) is 4.98. The van der Waals surface area contributed by atoms with Gasteiger partial charge in [-0.2, -0.15) is 13.2 Å². The first-order chi connectivity index (χ1) is 9.84. The van der Waals surface area contributed by atoms with Crippen LogP contribution in [0.25, 0.3) is 0 Å². The maximum Gasteiger partial charge on any atom is 0.416 e. The lowest BCUT2D eigenvalue weighted by Crippen LogP contribution is -2.18. The number of benzene rings is 1. The van der Waals surface area contributed by atoms with E-state index in [2.05, 4.69) is 14.9 Å². The van der Waals surface area contributed by atoms with Crippen molar-refractivity contribution in [3.05, 3.63) is 46.0 Å². The minimum absolute atomic E-state index is 0.204. The van der Waals surface area contributed by atoms with Crippen molar-refractivity contribution in [1.82, 2.24) is 14.9 Å². The van der Waals surface area contributed by atoms with Gasteiger partial charge in [-0.1, -0.05) is 30.5 Å². The molecule has 1 aromatic heterocycles. The molecule has 2 rings (SSSR count). The van der Waals surface area contributed by atoms with Crippen LogP contribution in [0.2, 0.25) is 0 Å². The van der Waals surface area contributed by atoms with E-state index >= 15 is 0 Å². The molecular formula is C14H16F3N3S. The van der Waals surface area contributed by atoms with E-state index in [1.807, 2.05) is 13.8 Å². The van der Waals surface area contributed by atoms with Crippen LogP contribution in [0.4, 0.5) is 13.2 Å². The molecule has 0 saturated heterocycles. The Morgan fingerprint density at radius 2 is 1.76 bits per heavy atom. The third-order valence-corrected chi connectivity index (χ3v) is 4.01. The lowest BCUT2D eigenvalue weighted by atomic mass is 9.99. The van der Waals surface area contributed by atoms with Crippen LogP contribution in [-0.4, -0.2) is 16.6 Å². The highest BCUT2D eigenvalue weighted by atomic mass is 32.1. The fourth-order valence-corrected chi connectivity index (χ4v) is 3.06. The van der Waals surface area contributed by atoms with Gasteiger partial charge in [-0.25, -0.2) is 0 Å². The topological polar surface area (TPSA) is 37.8 Å². The summed E-state index contributed by atoms with van der Waals surface area (Å²) in [6.45, 7) is 4.03. The van der Waals surface area contributed by atoms with Crippen LogP contribution in [0, 0.1) is 0 Å². The Bertz CT molecular complexity index is 590. The van der Waals surface area contributed by atoms with Gasteiger partial charge in [0.15, 0.2) is 0 Å². The minimum Gasteiger partial charge on any atom is -0.309 e. The van der Waals surface area contributed by atoms with Crippen LogP contribution in [-0.2, 0) is 6.18 Å². The fraction of sp³-hybridized carbons (Fsp3) is 0.429. The Hall–Kier alpha value is -1.47. The lowest BCUT2D eigenvalue weighted by molar-refractivity contribution is -0.137. The van der Waals surface area contributed by atoms with Gasteiger partial charge in [-0.15, -0.1) is 5.10 Å². The molecule has 0 aliphatic heterocycles. The Morgan fingerprint density at radius 1 is 1.14 bits per heavy atom. The zero-order chi connectivity index (χ0) is 15.6. The molecule has 114 valence electrons. The third-order valence-electron chi connectivity index (χ3n) is 3.21. The van der Waals surface area contributed by atoms with E-state index in [0.717, 1.165) is 28.3 Å². The number of nitrogens with one attached hydrogen (secondary N) is 1. The molecule has 0 radical (unpaired) electrons. The van der Waals surface area contributed by atoms with E-state index in [1.165, 1.54) is 23.7 Å². The normalized spacial score (nSPS) is 13.7. The van der Waals surface area contributed by atoms with Gasteiger partial charge in [-0.05, 0) is 42.2 Å². The van der Waals surface area contributed by atoms with Crippen molar-refractivity contribution < 1.29 is 13.2 Å². The molecule has 0 bridgehead atoms. The molecule has 1 aromatic carbocycles. The Kier molecular flexibility index (Phi) is 4.63. The maximum absolute atomic E-state index is 12.6. The molecule has 2 aromatic rings. The summed E-state index contributed by atoms with van der Waals surface area (Å²) < 4.78 is 41.8. The molecule has 1 heterocycles. The highest BCUT2D eigenvalue weighted by molar-refractivity contribution is 7.05. The highest BCUT2D eigenvalue weighted by Crippen LogP contribution is 2.33. The van der Waals surface area contributed by atoms with Crippen LogP contribution in [0.1, 0.15) is 47.5 Å². The average Bonchev–Trinajstić information content (AvgIpc) is 2.88. The number of aromatic nitrogens is 2. The van der Waals surface area contributed by atoms with E-state index in [1.54, 1.807) is 7.05 Å². The molecule has 21 heavy (non-hydrogen) atoms. The van der Waals surface area contributed by atoms with Crippen molar-refractivity contribution in [1.29, 1.82) is 0 Å². The fourth-order valence-electron chi connectivity index (χ4n) is 2.12. The van der Waals surface area contributed by atoms with Gasteiger partial charge in [0.25, 0.3) is 0 Å². The van der Waals surface area contributed by atoms with Gasteiger partial charge >= 0.3 is 6.18 Å². The van der Waals surface area contributed by atoms with Gasteiger partial charge in [0.2, 0.25) is 0 Å². The molecule has 0 aliphatic rings. The second kappa shape index (κ2) is 6.11. The molecular weight excluding hydrogens is 299 g/mol. The molecule has 0 amide bonds. The SMILES string of the molecule is CNC(c1ccc(C(F)(F)F)cc1)c1snnc1C(C)C. The van der Waals surface area contributed by atoms with Gasteiger partial charge in [-0.3, -0.25) is 0 Å². The van der Waals surface area contributed by atoms with E-state index in [9.17, 15) is 13.2 Å². The number of halogens is 3. The summed E-state index contributed by atoms with van der Waals surface area (Å²) in [4.78, 5) is 0.937. The van der Waals surface area contributed by atoms with E-state index in [-0.39, 0.29) is 12.0 Å². The van der Waals surface area contributed by atoms with Crippen LogP contribution in [0.15, 0.2) is 24.3 Å². The Balaban J connectivity index is 2.36. The number of hydrogen-bond acceptors (Lipinski definition) is 4. The molecule has 3 nitrogen and oxygen atoms in total. The highest BCUT2D eigenvalue weighted by Gasteiger charge is 2.30. The number of nitrogens with zero attached hydrogens (tertiary/aromatic N) is 2. The monoisotopic (exact) mass is 315 g/mol. The second-order valence-corrected chi connectivity index (χ2v) is 5.80. The van der Waals surface area contributed by atoms with Crippen molar-refractivity contribution in [3.8, 4) is 0 Å². The largest absolute Gasteiger partial charge is 0.416 e. The van der Waals surface area contributed by atoms with Crippen LogP contribution >= 0.6 is 11.5 Å². The quantitative estimate of drug-likeness (QED) is 0.927. The van der Waals surface area contributed by atoms with Crippen LogP contribution in [0.5, 0.6) is 0 Å². The number of alkyl halides is 3. The smallest absolute Gasteiger partial charge is 0.309 e. The van der Waals surface area contributed by atoms with Crippen molar-refractivity contribution in [2.45, 2.75) is 32.0 Å². The standard InChI is InChI=1S/C14H16F3N3S/c1-8(2)11-13(21-20-19-11)12(18-3)9-4-6-10(7-5-9)14(15,16)17/h4-8,12,18H,1-3H3. The molecule has 1 N–H and O–H groups in total. The van der Waals surface area contributed by atoms with E-state index in [0.29, 0.717) is 0 Å². The van der Waals surface area contributed by atoms with Crippen LogP contribution in [0.3, 0.4) is 0 Å².